The highest BCUT2D eigenvalue weighted by molar-refractivity contribution is 5.39. The van der Waals surface area contributed by atoms with Crippen LogP contribution in [0.15, 0.2) is 18.2 Å². The molecule has 0 aliphatic carbocycles. The van der Waals surface area contributed by atoms with Crippen molar-refractivity contribution in [3.05, 3.63) is 29.3 Å². The molecule has 2 saturated heterocycles. The fourth-order valence-electron chi connectivity index (χ4n) is 3.40. The molecule has 1 N–H and O–H groups in total. The predicted molar refractivity (Wildman–Crippen MR) is 85.9 cm³/mol. The van der Waals surface area contributed by atoms with E-state index in [0.29, 0.717) is 6.04 Å². The van der Waals surface area contributed by atoms with Crippen LogP contribution in [0.5, 0.6) is 5.75 Å². The van der Waals surface area contributed by atoms with Crippen LogP contribution in [-0.2, 0) is 0 Å². The number of rotatable bonds is 4. The lowest BCUT2D eigenvalue weighted by Crippen LogP contribution is -2.61. The first-order valence-electron chi connectivity index (χ1n) is 8.02. The van der Waals surface area contributed by atoms with Crippen LogP contribution in [0, 0.1) is 6.92 Å². The zero-order valence-corrected chi connectivity index (χ0v) is 13.4. The Morgan fingerprint density at radius 2 is 1.90 bits per heavy atom. The van der Waals surface area contributed by atoms with E-state index in [4.69, 9.17) is 4.74 Å². The molecule has 0 aromatic heterocycles. The summed E-state index contributed by atoms with van der Waals surface area (Å²) in [5, 5.41) is 3.37. The zero-order chi connectivity index (χ0) is 14.8. The van der Waals surface area contributed by atoms with Gasteiger partial charge in [-0.2, -0.15) is 0 Å². The molecule has 0 bridgehead atoms. The number of aryl methyl sites for hydroxylation is 1. The normalized spacial score (nSPS) is 22.8. The van der Waals surface area contributed by atoms with Crippen LogP contribution in [-0.4, -0.2) is 62.2 Å². The number of nitrogens with one attached hydrogen (secondary N) is 1. The SMILES string of the molecule is COc1ccc(C)cc1C(C)N1CCN(C2CNC2)CC1. The first-order valence-corrected chi connectivity index (χ1v) is 8.02. The first kappa shape index (κ1) is 14.8. The predicted octanol–water partition coefficient (Wildman–Crippen LogP) is 1.65. The van der Waals surface area contributed by atoms with Gasteiger partial charge in [0.2, 0.25) is 0 Å². The van der Waals surface area contributed by atoms with Gasteiger partial charge in [-0.25, -0.2) is 0 Å². The second-order valence-corrected chi connectivity index (χ2v) is 6.31. The second kappa shape index (κ2) is 6.34. The molecule has 21 heavy (non-hydrogen) atoms. The van der Waals surface area contributed by atoms with Crippen LogP contribution in [0.4, 0.5) is 0 Å². The molecule has 2 aliphatic heterocycles. The molecular weight excluding hydrogens is 262 g/mol. The number of piperazine rings is 1. The van der Waals surface area contributed by atoms with Gasteiger partial charge >= 0.3 is 0 Å². The van der Waals surface area contributed by atoms with Gasteiger partial charge in [0.1, 0.15) is 5.75 Å². The van der Waals surface area contributed by atoms with Crippen molar-refractivity contribution in [2.45, 2.75) is 25.9 Å². The minimum absolute atomic E-state index is 0.418. The first-order chi connectivity index (χ1) is 10.2. The number of hydrogen-bond donors (Lipinski definition) is 1. The Kier molecular flexibility index (Phi) is 4.48. The molecule has 0 radical (unpaired) electrons. The average Bonchev–Trinajstić information content (AvgIpc) is 2.45. The Balaban J connectivity index is 1.65. The molecule has 0 amide bonds. The van der Waals surface area contributed by atoms with Gasteiger partial charge in [0.25, 0.3) is 0 Å². The minimum atomic E-state index is 0.418. The molecule has 116 valence electrons. The molecule has 1 atom stereocenters. The summed E-state index contributed by atoms with van der Waals surface area (Å²) in [6.45, 7) is 11.5. The molecule has 4 nitrogen and oxygen atoms in total. The van der Waals surface area contributed by atoms with Gasteiger partial charge in [-0.05, 0) is 19.9 Å². The molecule has 0 saturated carbocycles. The summed E-state index contributed by atoms with van der Waals surface area (Å²) in [5.41, 5.74) is 2.62. The molecular formula is C17H27N3O. The van der Waals surface area contributed by atoms with Crippen LogP contribution in [0.3, 0.4) is 0 Å². The molecule has 1 aromatic carbocycles. The smallest absolute Gasteiger partial charge is 0.123 e. The van der Waals surface area contributed by atoms with Gasteiger partial charge in [0.05, 0.1) is 7.11 Å². The number of hydrogen-bond acceptors (Lipinski definition) is 4. The van der Waals surface area contributed by atoms with E-state index in [9.17, 15) is 0 Å². The van der Waals surface area contributed by atoms with Crippen molar-refractivity contribution in [3.8, 4) is 5.75 Å². The van der Waals surface area contributed by atoms with E-state index in [1.54, 1.807) is 7.11 Å². The highest BCUT2D eigenvalue weighted by atomic mass is 16.5. The van der Waals surface area contributed by atoms with Crippen molar-refractivity contribution in [1.29, 1.82) is 0 Å². The average molecular weight is 289 g/mol. The van der Waals surface area contributed by atoms with E-state index in [2.05, 4.69) is 47.2 Å². The van der Waals surface area contributed by atoms with Crippen LogP contribution >= 0.6 is 0 Å². The van der Waals surface area contributed by atoms with Gasteiger partial charge in [0.15, 0.2) is 0 Å². The van der Waals surface area contributed by atoms with Crippen LogP contribution < -0.4 is 10.1 Å². The molecule has 0 spiro atoms. The quantitative estimate of drug-likeness (QED) is 0.912. The maximum Gasteiger partial charge on any atom is 0.123 e. The van der Waals surface area contributed by atoms with E-state index in [1.165, 1.54) is 37.3 Å². The highest BCUT2D eigenvalue weighted by Crippen LogP contribution is 2.30. The third-order valence-electron chi connectivity index (χ3n) is 5.01. The van der Waals surface area contributed by atoms with E-state index >= 15 is 0 Å². The summed E-state index contributed by atoms with van der Waals surface area (Å²) in [4.78, 5) is 5.22. The fourth-order valence-corrected chi connectivity index (χ4v) is 3.40. The maximum atomic E-state index is 5.55. The van der Waals surface area contributed by atoms with Gasteiger partial charge in [0, 0.05) is 56.9 Å². The van der Waals surface area contributed by atoms with Gasteiger partial charge < -0.3 is 10.1 Å². The van der Waals surface area contributed by atoms with E-state index in [-0.39, 0.29) is 0 Å². The highest BCUT2D eigenvalue weighted by Gasteiger charge is 2.30. The largest absolute Gasteiger partial charge is 0.496 e. The molecule has 2 heterocycles. The topological polar surface area (TPSA) is 27.7 Å². The Hall–Kier alpha value is -1.10. The number of benzene rings is 1. The van der Waals surface area contributed by atoms with Gasteiger partial charge in [-0.15, -0.1) is 0 Å². The lowest BCUT2D eigenvalue weighted by Gasteiger charge is -2.44. The van der Waals surface area contributed by atoms with Crippen molar-refractivity contribution in [2.24, 2.45) is 0 Å². The molecule has 1 unspecified atom stereocenters. The molecule has 2 aliphatic rings. The summed E-state index contributed by atoms with van der Waals surface area (Å²) < 4.78 is 5.55. The van der Waals surface area contributed by atoms with E-state index in [1.807, 2.05) is 0 Å². The number of ether oxygens (including phenoxy) is 1. The van der Waals surface area contributed by atoms with Crippen molar-refractivity contribution < 1.29 is 4.74 Å². The molecule has 2 fully saturated rings. The summed E-state index contributed by atoms with van der Waals surface area (Å²) in [5.74, 6) is 1.01. The lowest BCUT2D eigenvalue weighted by atomic mass is 10.0. The fraction of sp³-hybridized carbons (Fsp3) is 0.647. The molecule has 4 heteroatoms. The van der Waals surface area contributed by atoms with Crippen molar-refractivity contribution >= 4 is 0 Å². The Morgan fingerprint density at radius 3 is 2.48 bits per heavy atom. The summed E-state index contributed by atoms with van der Waals surface area (Å²) in [6.07, 6.45) is 0. The Morgan fingerprint density at radius 1 is 1.19 bits per heavy atom. The third-order valence-corrected chi connectivity index (χ3v) is 5.01. The van der Waals surface area contributed by atoms with E-state index in [0.717, 1.165) is 24.9 Å². The van der Waals surface area contributed by atoms with E-state index < -0.39 is 0 Å². The Labute approximate surface area is 128 Å². The Bertz CT molecular complexity index is 479. The van der Waals surface area contributed by atoms with Crippen molar-refractivity contribution in [3.63, 3.8) is 0 Å². The van der Waals surface area contributed by atoms with Gasteiger partial charge in [-0.3, -0.25) is 9.80 Å². The summed E-state index contributed by atoms with van der Waals surface area (Å²) in [6, 6.07) is 7.68. The standard InChI is InChI=1S/C17H27N3O/c1-13-4-5-17(21-3)16(10-13)14(2)19-6-8-20(9-7-19)15-11-18-12-15/h4-5,10,14-15,18H,6-9,11-12H2,1-3H3. The van der Waals surface area contributed by atoms with Crippen LogP contribution in [0.25, 0.3) is 0 Å². The van der Waals surface area contributed by atoms with Crippen LogP contribution in [0.2, 0.25) is 0 Å². The minimum Gasteiger partial charge on any atom is -0.496 e. The second-order valence-electron chi connectivity index (χ2n) is 6.31. The number of methoxy groups -OCH3 is 1. The zero-order valence-electron chi connectivity index (χ0n) is 13.4. The van der Waals surface area contributed by atoms with Crippen LogP contribution in [0.1, 0.15) is 24.1 Å². The monoisotopic (exact) mass is 289 g/mol. The third kappa shape index (κ3) is 3.07. The molecule has 3 rings (SSSR count). The lowest BCUT2D eigenvalue weighted by molar-refractivity contribution is 0.0547. The molecule has 1 aromatic rings. The van der Waals surface area contributed by atoms with Crippen molar-refractivity contribution in [2.75, 3.05) is 46.4 Å². The van der Waals surface area contributed by atoms with Crippen molar-refractivity contribution in [1.82, 2.24) is 15.1 Å². The summed E-state index contributed by atoms with van der Waals surface area (Å²) in [7, 11) is 1.77. The van der Waals surface area contributed by atoms with Gasteiger partial charge in [-0.1, -0.05) is 17.7 Å². The summed E-state index contributed by atoms with van der Waals surface area (Å²) >= 11 is 0. The number of nitrogens with zero attached hydrogens (tertiary/aromatic N) is 2. The maximum absolute atomic E-state index is 5.55.